The molecule has 0 unspecified atom stereocenters. The molecule has 0 saturated heterocycles. The molecule has 5 aromatic rings. The Hall–Kier alpha value is -3.37. The van der Waals surface area contributed by atoms with Crippen LogP contribution in [-0.2, 0) is 0 Å². The number of carbonyl (C=O) groups is 1. The predicted octanol–water partition coefficient (Wildman–Crippen LogP) is 4.47. The summed E-state index contributed by atoms with van der Waals surface area (Å²) in [5, 5.41) is 10.6. The minimum absolute atomic E-state index is 0.359. The van der Waals surface area contributed by atoms with Crippen molar-refractivity contribution < 1.29 is 9.90 Å². The van der Waals surface area contributed by atoms with E-state index in [1.165, 1.54) is 0 Å². The van der Waals surface area contributed by atoms with Gasteiger partial charge in [0.2, 0.25) is 0 Å². The van der Waals surface area contributed by atoms with E-state index in [1.807, 2.05) is 30.3 Å². The molecule has 32 heavy (non-hydrogen) atoms. The number of carboxylic acid groups (broad SMARTS) is 1. The van der Waals surface area contributed by atoms with Gasteiger partial charge >= 0.3 is 127 Å². The van der Waals surface area contributed by atoms with E-state index >= 15 is 0 Å². The third-order valence-corrected chi connectivity index (χ3v) is 14.4. The fourth-order valence-corrected chi connectivity index (χ4v) is 12.4. The van der Waals surface area contributed by atoms with Gasteiger partial charge in [0.25, 0.3) is 0 Å². The second-order valence-corrected chi connectivity index (χ2v) is 15.7. The Bertz CT molecular complexity index is 1190. The van der Waals surface area contributed by atoms with Crippen LogP contribution in [0.2, 0.25) is 0 Å². The molecule has 0 amide bonds. The maximum atomic E-state index is 10.8. The number of fused-ring (bicyclic) bond motifs is 1. The summed E-state index contributed by atoms with van der Waals surface area (Å²) in [6, 6.07) is 45.7. The van der Waals surface area contributed by atoms with Crippen LogP contribution in [0.3, 0.4) is 0 Å². The van der Waals surface area contributed by atoms with Crippen LogP contribution in [0.4, 0.5) is 0 Å². The average Bonchev–Trinajstić information content (AvgIpc) is 2.86. The average molecular weight is 523 g/mol. The Kier molecular flexibility index (Phi) is 7.36. The number of aromatic carboxylic acids is 1. The van der Waals surface area contributed by atoms with Crippen molar-refractivity contribution in [2.24, 2.45) is 0 Å². The van der Waals surface area contributed by atoms with Crippen LogP contribution in [0.15, 0.2) is 133 Å². The van der Waals surface area contributed by atoms with Crippen molar-refractivity contribution in [2.75, 3.05) is 0 Å². The van der Waals surface area contributed by atoms with E-state index in [4.69, 9.17) is 5.11 Å². The number of carboxylic acids is 1. The summed E-state index contributed by atoms with van der Waals surface area (Å²) < 4.78 is 4.63. The van der Waals surface area contributed by atoms with Gasteiger partial charge in [-0.1, -0.05) is 36.4 Å². The first-order valence-corrected chi connectivity index (χ1v) is 15.5. The van der Waals surface area contributed by atoms with Crippen LogP contribution < -0.4 is 10.7 Å². The van der Waals surface area contributed by atoms with Crippen LogP contribution in [0.1, 0.15) is 10.4 Å². The molecule has 0 bridgehead atoms. The Morgan fingerprint density at radius 1 is 0.500 bits per heavy atom. The van der Waals surface area contributed by atoms with Gasteiger partial charge < -0.3 is 5.11 Å². The fourth-order valence-electron chi connectivity index (χ4n) is 3.93. The molecule has 0 fully saturated rings. The number of hydrogen-bond acceptors (Lipinski definition) is 1. The van der Waals surface area contributed by atoms with Crippen molar-refractivity contribution in [1.29, 1.82) is 0 Å². The van der Waals surface area contributed by atoms with Gasteiger partial charge in [-0.3, -0.25) is 0 Å². The van der Waals surface area contributed by atoms with Gasteiger partial charge in [0.15, 0.2) is 0 Å². The van der Waals surface area contributed by atoms with Gasteiger partial charge in [-0.05, 0) is 16.8 Å². The summed E-state index contributed by atoms with van der Waals surface area (Å²) in [5.41, 5.74) is 0.359. The molecule has 0 aliphatic carbocycles. The molecule has 1 N–H and O–H groups in total. The first-order chi connectivity index (χ1) is 15.7. The van der Waals surface area contributed by atoms with Gasteiger partial charge in [0.1, 0.15) is 0 Å². The summed E-state index contributed by atoms with van der Waals surface area (Å²) >= 11 is -2.14. The SMILES string of the molecule is O=C(O)c1cccc2ccccc12.c1cc[c]([SnH]([c]2ccccc2)[c]2ccccc2)cc1. The Balaban J connectivity index is 0.000000165. The van der Waals surface area contributed by atoms with Crippen LogP contribution in [0.25, 0.3) is 10.8 Å². The van der Waals surface area contributed by atoms with Gasteiger partial charge in [-0.15, -0.1) is 0 Å². The summed E-state index contributed by atoms with van der Waals surface area (Å²) in [5.74, 6) is -0.878. The molecule has 156 valence electrons. The summed E-state index contributed by atoms with van der Waals surface area (Å²) in [6.07, 6.45) is 0. The molecule has 5 rings (SSSR count). The molecule has 3 heteroatoms. The van der Waals surface area contributed by atoms with Gasteiger partial charge in [0.05, 0.1) is 5.56 Å². The van der Waals surface area contributed by atoms with Crippen molar-refractivity contribution in [1.82, 2.24) is 0 Å². The van der Waals surface area contributed by atoms with E-state index in [0.717, 1.165) is 10.8 Å². The summed E-state index contributed by atoms with van der Waals surface area (Å²) in [4.78, 5) is 10.8. The zero-order valence-electron chi connectivity index (χ0n) is 17.6. The number of benzene rings is 5. The molecule has 0 spiro atoms. The third kappa shape index (κ3) is 5.27. The minimum atomic E-state index is -2.14. The Labute approximate surface area is 195 Å². The molecule has 0 saturated carbocycles. The van der Waals surface area contributed by atoms with Crippen LogP contribution >= 0.6 is 0 Å². The summed E-state index contributed by atoms with van der Waals surface area (Å²) in [6.45, 7) is 0. The van der Waals surface area contributed by atoms with Crippen LogP contribution in [-0.4, -0.2) is 30.8 Å². The normalized spacial score (nSPS) is 10.4. The first kappa shape index (κ1) is 21.8. The zero-order chi connectivity index (χ0) is 22.2. The molecule has 5 aromatic carbocycles. The quantitative estimate of drug-likeness (QED) is 0.353. The maximum absolute atomic E-state index is 10.8. The van der Waals surface area contributed by atoms with Crippen molar-refractivity contribution in [3.8, 4) is 0 Å². The standard InChI is InChI=1S/C11H8O2.3C6H5.Sn.H/c12-11(13)10-7-3-5-8-4-1-2-6-9(8)10;3*1-2-4-6-5-3-1;;/h1-7H,(H,12,13);3*1-5H;;. The van der Waals surface area contributed by atoms with Crippen LogP contribution in [0, 0.1) is 0 Å². The number of rotatable bonds is 4. The topological polar surface area (TPSA) is 37.3 Å². The van der Waals surface area contributed by atoms with Crippen molar-refractivity contribution in [3.05, 3.63) is 139 Å². The van der Waals surface area contributed by atoms with E-state index < -0.39 is 25.7 Å². The predicted molar refractivity (Wildman–Crippen MR) is 136 cm³/mol. The Morgan fingerprint density at radius 3 is 1.38 bits per heavy atom. The molecule has 0 aliphatic rings. The molecule has 0 radical (unpaired) electrons. The molecular weight excluding hydrogens is 499 g/mol. The molecule has 0 atom stereocenters. The second kappa shape index (κ2) is 10.8. The van der Waals surface area contributed by atoms with Gasteiger partial charge in [-0.25, -0.2) is 4.79 Å². The monoisotopic (exact) mass is 524 g/mol. The zero-order valence-corrected chi connectivity index (χ0v) is 20.9. The van der Waals surface area contributed by atoms with E-state index in [0.29, 0.717) is 5.56 Å². The summed E-state index contributed by atoms with van der Waals surface area (Å²) in [7, 11) is 0. The molecule has 0 heterocycles. The van der Waals surface area contributed by atoms with E-state index in [9.17, 15) is 4.79 Å². The molecule has 0 aliphatic heterocycles. The van der Waals surface area contributed by atoms with E-state index in [1.54, 1.807) is 22.9 Å². The fraction of sp³-hybridized carbons (Fsp3) is 0. The van der Waals surface area contributed by atoms with Crippen LogP contribution in [0.5, 0.6) is 0 Å². The second-order valence-electron chi connectivity index (χ2n) is 7.50. The first-order valence-electron chi connectivity index (χ1n) is 10.6. The number of hydrogen-bond donors (Lipinski definition) is 1. The van der Waals surface area contributed by atoms with Gasteiger partial charge in [0, 0.05) is 0 Å². The van der Waals surface area contributed by atoms with Crippen molar-refractivity contribution in [2.45, 2.75) is 0 Å². The van der Waals surface area contributed by atoms with Gasteiger partial charge in [-0.2, -0.15) is 0 Å². The molecular formula is C29H24O2Sn. The van der Waals surface area contributed by atoms with E-state index in [2.05, 4.69) is 91.0 Å². The van der Waals surface area contributed by atoms with Crippen molar-refractivity contribution in [3.63, 3.8) is 0 Å². The molecule has 0 aromatic heterocycles. The molecule has 2 nitrogen and oxygen atoms in total. The van der Waals surface area contributed by atoms with E-state index in [-0.39, 0.29) is 0 Å². The third-order valence-electron chi connectivity index (χ3n) is 5.42. The van der Waals surface area contributed by atoms with Crippen molar-refractivity contribution >= 4 is 47.2 Å². The Morgan fingerprint density at radius 2 is 0.906 bits per heavy atom.